The molecular formula is C9H6ClF3N2O. The molecule has 0 aliphatic heterocycles. The molecule has 86 valence electrons. The van der Waals surface area contributed by atoms with Crippen LogP contribution in [0.1, 0.15) is 24.1 Å². The SMILES string of the molecule is CC(N=C=O)c1cc(C(F)(F)F)cnc1Cl. The first-order chi connectivity index (χ1) is 7.36. The Kier molecular flexibility index (Phi) is 3.67. The van der Waals surface area contributed by atoms with E-state index in [9.17, 15) is 18.0 Å². The van der Waals surface area contributed by atoms with Gasteiger partial charge < -0.3 is 0 Å². The monoisotopic (exact) mass is 250 g/mol. The first-order valence-electron chi connectivity index (χ1n) is 4.16. The van der Waals surface area contributed by atoms with Crippen molar-refractivity contribution in [3.63, 3.8) is 0 Å². The molecule has 0 aromatic carbocycles. The summed E-state index contributed by atoms with van der Waals surface area (Å²) in [5, 5.41) is -0.112. The van der Waals surface area contributed by atoms with Gasteiger partial charge in [0, 0.05) is 11.8 Å². The zero-order valence-corrected chi connectivity index (χ0v) is 8.80. The average Bonchev–Trinajstić information content (AvgIpc) is 2.16. The summed E-state index contributed by atoms with van der Waals surface area (Å²) < 4.78 is 37.1. The van der Waals surface area contributed by atoms with Crippen molar-refractivity contribution in [1.29, 1.82) is 0 Å². The molecule has 0 saturated heterocycles. The second-order valence-corrected chi connectivity index (χ2v) is 3.36. The fourth-order valence-corrected chi connectivity index (χ4v) is 1.32. The Morgan fingerprint density at radius 2 is 2.19 bits per heavy atom. The van der Waals surface area contributed by atoms with Crippen LogP contribution in [0.3, 0.4) is 0 Å². The number of aromatic nitrogens is 1. The van der Waals surface area contributed by atoms with Gasteiger partial charge in [-0.25, -0.2) is 9.78 Å². The highest BCUT2D eigenvalue weighted by Gasteiger charge is 2.32. The largest absolute Gasteiger partial charge is 0.417 e. The van der Waals surface area contributed by atoms with Gasteiger partial charge in [-0.2, -0.15) is 18.2 Å². The van der Waals surface area contributed by atoms with Gasteiger partial charge in [0.2, 0.25) is 6.08 Å². The predicted octanol–water partition coefficient (Wildman–Crippen LogP) is 3.15. The Morgan fingerprint density at radius 3 is 2.69 bits per heavy atom. The minimum Gasteiger partial charge on any atom is -0.244 e. The molecule has 7 heteroatoms. The highest BCUT2D eigenvalue weighted by molar-refractivity contribution is 6.30. The van der Waals surface area contributed by atoms with Crippen LogP contribution >= 0.6 is 11.6 Å². The molecular weight excluding hydrogens is 245 g/mol. The van der Waals surface area contributed by atoms with Crippen molar-refractivity contribution < 1.29 is 18.0 Å². The Bertz CT molecular complexity index is 441. The maximum atomic E-state index is 12.4. The quantitative estimate of drug-likeness (QED) is 0.460. The summed E-state index contributed by atoms with van der Waals surface area (Å²) >= 11 is 5.61. The summed E-state index contributed by atoms with van der Waals surface area (Å²) in [5.74, 6) is 0. The number of hydrogen-bond donors (Lipinski definition) is 0. The summed E-state index contributed by atoms with van der Waals surface area (Å²) in [5.41, 5.74) is -0.889. The maximum absolute atomic E-state index is 12.4. The lowest BCUT2D eigenvalue weighted by Crippen LogP contribution is -2.07. The van der Waals surface area contributed by atoms with Crippen LogP contribution in [-0.2, 0) is 11.0 Å². The van der Waals surface area contributed by atoms with E-state index in [1.54, 1.807) is 0 Å². The molecule has 1 heterocycles. The molecule has 3 nitrogen and oxygen atoms in total. The summed E-state index contributed by atoms with van der Waals surface area (Å²) in [7, 11) is 0. The zero-order chi connectivity index (χ0) is 12.3. The van der Waals surface area contributed by atoms with Gasteiger partial charge >= 0.3 is 6.18 Å². The molecule has 1 rings (SSSR count). The second-order valence-electron chi connectivity index (χ2n) is 3.00. The lowest BCUT2D eigenvalue weighted by atomic mass is 10.1. The number of aliphatic imine (C=N–C) groups is 1. The van der Waals surface area contributed by atoms with E-state index >= 15 is 0 Å². The molecule has 0 fully saturated rings. The van der Waals surface area contributed by atoms with Crippen molar-refractivity contribution in [3.05, 3.63) is 28.5 Å². The van der Waals surface area contributed by atoms with E-state index in [1.807, 2.05) is 0 Å². The van der Waals surface area contributed by atoms with Crippen LogP contribution in [0.15, 0.2) is 17.3 Å². The van der Waals surface area contributed by atoms with Gasteiger partial charge in [0.05, 0.1) is 11.6 Å². The van der Waals surface area contributed by atoms with Crippen LogP contribution in [0.4, 0.5) is 13.2 Å². The lowest BCUT2D eigenvalue weighted by Gasteiger charge is -2.11. The fraction of sp³-hybridized carbons (Fsp3) is 0.333. The number of isocyanates is 1. The molecule has 0 aliphatic carbocycles. The highest BCUT2D eigenvalue weighted by atomic mass is 35.5. The normalized spacial score (nSPS) is 13.1. The Balaban J connectivity index is 3.23. The second kappa shape index (κ2) is 4.63. The maximum Gasteiger partial charge on any atom is 0.417 e. The average molecular weight is 251 g/mol. The predicted molar refractivity (Wildman–Crippen MR) is 50.8 cm³/mol. The summed E-state index contributed by atoms with van der Waals surface area (Å²) in [6, 6.07) is 0.0145. The van der Waals surface area contributed by atoms with Gasteiger partial charge in [-0.3, -0.25) is 0 Å². The standard InChI is InChI=1S/C9H6ClF3N2O/c1-5(15-4-16)7-2-6(9(11,12)13)3-14-8(7)10/h2-3,5H,1H3. The summed E-state index contributed by atoms with van der Waals surface area (Å²) in [4.78, 5) is 16.7. The van der Waals surface area contributed by atoms with Crippen LogP contribution in [0, 0.1) is 0 Å². The highest BCUT2D eigenvalue weighted by Crippen LogP contribution is 2.33. The molecule has 0 amide bonds. The smallest absolute Gasteiger partial charge is 0.244 e. The summed E-state index contributed by atoms with van der Waals surface area (Å²) in [6.07, 6.45) is -2.62. The number of rotatable bonds is 2. The molecule has 1 aromatic rings. The number of pyridine rings is 1. The van der Waals surface area contributed by atoms with Crippen molar-refractivity contribution in [1.82, 2.24) is 4.98 Å². The van der Waals surface area contributed by atoms with E-state index in [0.29, 0.717) is 6.20 Å². The van der Waals surface area contributed by atoms with E-state index in [0.717, 1.165) is 6.07 Å². The van der Waals surface area contributed by atoms with Gasteiger partial charge in [-0.1, -0.05) is 11.6 Å². The van der Waals surface area contributed by atoms with Gasteiger partial charge in [0.25, 0.3) is 0 Å². The summed E-state index contributed by atoms with van der Waals surface area (Å²) in [6.45, 7) is 1.42. The van der Waals surface area contributed by atoms with Gasteiger partial charge in [0.15, 0.2) is 0 Å². The third kappa shape index (κ3) is 2.81. The van der Waals surface area contributed by atoms with Crippen LogP contribution in [0.2, 0.25) is 5.15 Å². The topological polar surface area (TPSA) is 42.3 Å². The molecule has 0 aliphatic rings. The van der Waals surface area contributed by atoms with E-state index in [1.165, 1.54) is 13.0 Å². The Labute approximate surface area is 94.0 Å². The number of nitrogens with zero attached hydrogens (tertiary/aromatic N) is 2. The molecule has 0 spiro atoms. The molecule has 1 aromatic heterocycles. The van der Waals surface area contributed by atoms with Gasteiger partial charge in [0.1, 0.15) is 5.15 Å². The molecule has 1 atom stereocenters. The molecule has 0 N–H and O–H groups in total. The first-order valence-corrected chi connectivity index (χ1v) is 4.53. The van der Waals surface area contributed by atoms with Crippen LogP contribution in [0.5, 0.6) is 0 Å². The van der Waals surface area contributed by atoms with Crippen LogP contribution in [0.25, 0.3) is 0 Å². The zero-order valence-electron chi connectivity index (χ0n) is 8.05. The van der Waals surface area contributed by atoms with Gasteiger partial charge in [-0.05, 0) is 13.0 Å². The third-order valence-corrected chi connectivity index (χ3v) is 2.21. The minimum absolute atomic E-state index is 0.0415. The van der Waals surface area contributed by atoms with E-state index in [2.05, 4.69) is 9.98 Å². The van der Waals surface area contributed by atoms with Crippen molar-refractivity contribution >= 4 is 17.7 Å². The van der Waals surface area contributed by atoms with E-state index in [-0.39, 0.29) is 10.7 Å². The number of carbonyl (C=O) groups excluding carboxylic acids is 1. The molecule has 16 heavy (non-hydrogen) atoms. The van der Waals surface area contributed by atoms with Crippen molar-refractivity contribution in [2.45, 2.75) is 19.1 Å². The van der Waals surface area contributed by atoms with Crippen molar-refractivity contribution in [2.24, 2.45) is 4.99 Å². The molecule has 1 unspecified atom stereocenters. The Hall–Kier alpha value is -1.39. The first kappa shape index (κ1) is 12.7. The number of alkyl halides is 3. The van der Waals surface area contributed by atoms with Crippen LogP contribution in [-0.4, -0.2) is 11.1 Å². The van der Waals surface area contributed by atoms with Crippen LogP contribution < -0.4 is 0 Å². The minimum atomic E-state index is -4.50. The molecule has 0 radical (unpaired) electrons. The Morgan fingerprint density at radius 1 is 1.56 bits per heavy atom. The van der Waals surface area contributed by atoms with E-state index < -0.39 is 17.8 Å². The van der Waals surface area contributed by atoms with Crippen molar-refractivity contribution in [2.75, 3.05) is 0 Å². The third-order valence-electron chi connectivity index (χ3n) is 1.89. The van der Waals surface area contributed by atoms with Crippen molar-refractivity contribution in [3.8, 4) is 0 Å². The number of hydrogen-bond acceptors (Lipinski definition) is 3. The number of halogens is 4. The molecule has 0 bridgehead atoms. The van der Waals surface area contributed by atoms with Gasteiger partial charge in [-0.15, -0.1) is 0 Å². The molecule has 0 saturated carbocycles. The fourth-order valence-electron chi connectivity index (χ4n) is 1.06. The van der Waals surface area contributed by atoms with E-state index in [4.69, 9.17) is 11.6 Å². The lowest BCUT2D eigenvalue weighted by molar-refractivity contribution is -0.137.